The number of likely N-dealkylation sites (N-methyl/N-ethyl adjacent to an activating group) is 1. The molecule has 2 N–H and O–H groups in total. The lowest BCUT2D eigenvalue weighted by atomic mass is 9.99. The number of hydrogen-bond donors (Lipinski definition) is 1. The van der Waals surface area contributed by atoms with Gasteiger partial charge in [0.2, 0.25) is 0 Å². The van der Waals surface area contributed by atoms with Crippen LogP contribution in [0.5, 0.6) is 0 Å². The van der Waals surface area contributed by atoms with E-state index in [1.165, 1.54) is 6.08 Å². The predicted octanol–water partition coefficient (Wildman–Crippen LogP) is 2.80. The van der Waals surface area contributed by atoms with Crippen LogP contribution in [0.4, 0.5) is 4.39 Å². The first-order chi connectivity index (χ1) is 8.67. The van der Waals surface area contributed by atoms with E-state index in [2.05, 4.69) is 6.92 Å². The third kappa shape index (κ3) is 5.08. The summed E-state index contributed by atoms with van der Waals surface area (Å²) in [7, 11) is 1.84. The van der Waals surface area contributed by atoms with Crippen molar-refractivity contribution >= 4 is 0 Å². The molecule has 4 heteroatoms. The Hall–Kier alpha value is -1.03. The number of nitrogens with two attached hydrogens (primary N) is 1. The maximum absolute atomic E-state index is 13.0. The Kier molecular flexibility index (Phi) is 6.80. The first-order valence-corrected chi connectivity index (χ1v) is 6.77. The number of nitrogens with zero attached hydrogens (tertiary/aromatic N) is 1. The molecule has 1 aliphatic heterocycles. The number of allylic oxidation sites excluding steroid dienone is 2. The molecule has 0 fully saturated rings. The van der Waals surface area contributed by atoms with Crippen molar-refractivity contribution in [2.24, 2.45) is 11.7 Å². The van der Waals surface area contributed by atoms with Crippen LogP contribution in [0, 0.1) is 5.92 Å². The molecule has 104 valence electrons. The van der Waals surface area contributed by atoms with Crippen LogP contribution in [0.2, 0.25) is 0 Å². The maximum Gasteiger partial charge on any atom is 0.189 e. The van der Waals surface area contributed by atoms with Crippen LogP contribution in [0.15, 0.2) is 23.9 Å². The fourth-order valence-electron chi connectivity index (χ4n) is 2.13. The van der Waals surface area contributed by atoms with Gasteiger partial charge in [-0.2, -0.15) is 0 Å². The minimum Gasteiger partial charge on any atom is -0.479 e. The summed E-state index contributed by atoms with van der Waals surface area (Å²) < 4.78 is 18.8. The second-order valence-electron chi connectivity index (χ2n) is 4.87. The minimum atomic E-state index is -0.127. The molecule has 0 aromatic rings. The van der Waals surface area contributed by atoms with Gasteiger partial charge in [-0.25, -0.2) is 4.39 Å². The standard InChI is InChI=1S/C14H25FN2O/c1-3-5-12(6-4-9-16)11-18-14-8-7-13(15)10-17(14)2/h7-8,12H,3-6,9-11,16H2,1-2H3. The lowest BCUT2D eigenvalue weighted by Crippen LogP contribution is -2.25. The van der Waals surface area contributed by atoms with E-state index in [-0.39, 0.29) is 5.83 Å². The molecule has 1 rings (SSSR count). The van der Waals surface area contributed by atoms with Crippen LogP contribution in [-0.2, 0) is 4.74 Å². The van der Waals surface area contributed by atoms with E-state index in [0.717, 1.165) is 38.1 Å². The summed E-state index contributed by atoms with van der Waals surface area (Å²) in [6, 6.07) is 0. The van der Waals surface area contributed by atoms with Crippen molar-refractivity contribution in [3.05, 3.63) is 23.9 Å². The molecule has 3 nitrogen and oxygen atoms in total. The SMILES string of the molecule is CCCC(CCCN)COC1=CC=C(F)CN1C. The van der Waals surface area contributed by atoms with E-state index in [0.29, 0.717) is 19.1 Å². The largest absolute Gasteiger partial charge is 0.479 e. The fraction of sp³-hybridized carbons (Fsp3) is 0.714. The molecule has 0 aromatic carbocycles. The monoisotopic (exact) mass is 256 g/mol. The zero-order chi connectivity index (χ0) is 13.4. The first kappa shape index (κ1) is 15.0. The highest BCUT2D eigenvalue weighted by Gasteiger charge is 2.15. The zero-order valence-corrected chi connectivity index (χ0v) is 11.5. The topological polar surface area (TPSA) is 38.5 Å². The van der Waals surface area contributed by atoms with Gasteiger partial charge in [-0.15, -0.1) is 0 Å². The Morgan fingerprint density at radius 2 is 2.22 bits per heavy atom. The van der Waals surface area contributed by atoms with Gasteiger partial charge < -0.3 is 15.4 Å². The van der Waals surface area contributed by atoms with Crippen molar-refractivity contribution in [1.82, 2.24) is 4.90 Å². The molecule has 1 unspecified atom stereocenters. The molecule has 0 amide bonds. The van der Waals surface area contributed by atoms with Gasteiger partial charge >= 0.3 is 0 Å². The highest BCUT2D eigenvalue weighted by atomic mass is 19.1. The van der Waals surface area contributed by atoms with E-state index in [4.69, 9.17) is 10.5 Å². The van der Waals surface area contributed by atoms with E-state index in [1.807, 2.05) is 7.05 Å². The van der Waals surface area contributed by atoms with Gasteiger partial charge in [-0.3, -0.25) is 0 Å². The molecule has 0 radical (unpaired) electrons. The number of halogens is 1. The normalized spacial score (nSPS) is 17.2. The lowest BCUT2D eigenvalue weighted by molar-refractivity contribution is 0.0923. The molecule has 0 saturated heterocycles. The van der Waals surface area contributed by atoms with Crippen LogP contribution in [0.25, 0.3) is 0 Å². The Labute approximate surface area is 109 Å². The summed E-state index contributed by atoms with van der Waals surface area (Å²) >= 11 is 0. The molecular formula is C14H25FN2O. The Morgan fingerprint density at radius 1 is 1.44 bits per heavy atom. The van der Waals surface area contributed by atoms with Crippen molar-refractivity contribution in [2.45, 2.75) is 32.6 Å². The Balaban J connectivity index is 2.41. The second-order valence-corrected chi connectivity index (χ2v) is 4.87. The van der Waals surface area contributed by atoms with Gasteiger partial charge in [-0.05, 0) is 37.8 Å². The third-order valence-electron chi connectivity index (χ3n) is 3.15. The van der Waals surface area contributed by atoms with Crippen LogP contribution in [0.3, 0.4) is 0 Å². The highest BCUT2D eigenvalue weighted by Crippen LogP contribution is 2.19. The Morgan fingerprint density at radius 3 is 2.83 bits per heavy atom. The van der Waals surface area contributed by atoms with Gasteiger partial charge in [0, 0.05) is 13.1 Å². The molecule has 1 atom stereocenters. The van der Waals surface area contributed by atoms with Crippen LogP contribution >= 0.6 is 0 Å². The quantitative estimate of drug-likeness (QED) is 0.725. The second kappa shape index (κ2) is 8.14. The maximum atomic E-state index is 13.0. The summed E-state index contributed by atoms with van der Waals surface area (Å²) in [6.07, 6.45) is 7.63. The number of ether oxygens (including phenoxy) is 1. The number of rotatable bonds is 8. The molecule has 18 heavy (non-hydrogen) atoms. The van der Waals surface area contributed by atoms with E-state index < -0.39 is 0 Å². The van der Waals surface area contributed by atoms with Gasteiger partial charge in [0.15, 0.2) is 5.88 Å². The number of hydrogen-bond acceptors (Lipinski definition) is 3. The molecule has 0 aliphatic carbocycles. The Bertz CT molecular complexity index is 302. The minimum absolute atomic E-state index is 0.127. The van der Waals surface area contributed by atoms with Gasteiger partial charge in [-0.1, -0.05) is 13.3 Å². The summed E-state index contributed by atoms with van der Waals surface area (Å²) in [5, 5.41) is 0. The molecule has 0 bridgehead atoms. The van der Waals surface area contributed by atoms with E-state index in [9.17, 15) is 4.39 Å². The summed E-state index contributed by atoms with van der Waals surface area (Å²) in [5.74, 6) is 1.17. The van der Waals surface area contributed by atoms with E-state index >= 15 is 0 Å². The first-order valence-electron chi connectivity index (χ1n) is 6.77. The molecule has 0 saturated carbocycles. The van der Waals surface area contributed by atoms with Crippen molar-refractivity contribution in [3.8, 4) is 0 Å². The average molecular weight is 256 g/mol. The van der Waals surface area contributed by atoms with Gasteiger partial charge in [0.1, 0.15) is 5.83 Å². The zero-order valence-electron chi connectivity index (χ0n) is 11.5. The van der Waals surface area contributed by atoms with Crippen molar-refractivity contribution in [3.63, 3.8) is 0 Å². The molecular weight excluding hydrogens is 231 g/mol. The van der Waals surface area contributed by atoms with Crippen molar-refractivity contribution in [1.29, 1.82) is 0 Å². The van der Waals surface area contributed by atoms with Crippen LogP contribution < -0.4 is 5.73 Å². The third-order valence-corrected chi connectivity index (χ3v) is 3.15. The lowest BCUT2D eigenvalue weighted by Gasteiger charge is -2.26. The van der Waals surface area contributed by atoms with E-state index in [1.54, 1.807) is 11.0 Å². The average Bonchev–Trinajstić information content (AvgIpc) is 2.34. The fourth-order valence-corrected chi connectivity index (χ4v) is 2.13. The highest BCUT2D eigenvalue weighted by molar-refractivity contribution is 5.17. The smallest absolute Gasteiger partial charge is 0.189 e. The summed E-state index contributed by atoms with van der Waals surface area (Å²) in [4.78, 5) is 1.79. The summed E-state index contributed by atoms with van der Waals surface area (Å²) in [5.41, 5.74) is 5.54. The molecule has 1 heterocycles. The molecule has 0 spiro atoms. The van der Waals surface area contributed by atoms with Crippen LogP contribution in [0.1, 0.15) is 32.6 Å². The van der Waals surface area contributed by atoms with Crippen molar-refractivity contribution in [2.75, 3.05) is 26.7 Å². The van der Waals surface area contributed by atoms with Gasteiger partial charge in [0.25, 0.3) is 0 Å². The predicted molar refractivity (Wildman–Crippen MR) is 72.5 cm³/mol. The van der Waals surface area contributed by atoms with Crippen molar-refractivity contribution < 1.29 is 9.13 Å². The summed E-state index contributed by atoms with van der Waals surface area (Å²) in [6.45, 7) is 3.91. The van der Waals surface area contributed by atoms with Crippen LogP contribution in [-0.4, -0.2) is 31.6 Å². The van der Waals surface area contributed by atoms with Gasteiger partial charge in [0.05, 0.1) is 13.2 Å². The molecule has 1 aliphatic rings. The molecule has 0 aromatic heterocycles.